The van der Waals surface area contributed by atoms with Crippen molar-refractivity contribution in [1.29, 1.82) is 0 Å². The lowest BCUT2D eigenvalue weighted by Crippen LogP contribution is -2.25. The highest BCUT2D eigenvalue weighted by molar-refractivity contribution is 6.03. The van der Waals surface area contributed by atoms with Crippen LogP contribution in [0.25, 0.3) is 0 Å². The number of benzene rings is 2. The van der Waals surface area contributed by atoms with Crippen molar-refractivity contribution in [3.63, 3.8) is 0 Å². The van der Waals surface area contributed by atoms with Crippen LogP contribution in [-0.4, -0.2) is 24.0 Å². The van der Waals surface area contributed by atoms with E-state index in [0.717, 1.165) is 28.1 Å². The molecule has 1 aromatic heterocycles. The topological polar surface area (TPSA) is 67.6 Å². The summed E-state index contributed by atoms with van der Waals surface area (Å²) >= 11 is 0. The molecule has 0 radical (unpaired) electrons. The summed E-state index contributed by atoms with van der Waals surface area (Å²) in [5.41, 5.74) is 5.15. The second-order valence-corrected chi connectivity index (χ2v) is 7.20. The molecule has 150 valence electrons. The van der Waals surface area contributed by atoms with Gasteiger partial charge in [-0.05, 0) is 50.1 Å². The second kappa shape index (κ2) is 7.58. The quantitative estimate of drug-likeness (QED) is 0.712. The summed E-state index contributed by atoms with van der Waals surface area (Å²) in [6, 6.07) is 8.71. The minimum atomic E-state index is -0.321. The average Bonchev–Trinajstić information content (AvgIpc) is 2.99. The molecule has 0 fully saturated rings. The van der Waals surface area contributed by atoms with Gasteiger partial charge >= 0.3 is 0 Å². The molecule has 0 aliphatic carbocycles. The van der Waals surface area contributed by atoms with E-state index >= 15 is 0 Å². The lowest BCUT2D eigenvalue weighted by atomic mass is 10.1. The van der Waals surface area contributed by atoms with E-state index in [1.54, 1.807) is 13.0 Å². The van der Waals surface area contributed by atoms with E-state index in [1.807, 2.05) is 26.0 Å². The molecule has 1 aliphatic rings. The van der Waals surface area contributed by atoms with Gasteiger partial charge in [-0.25, -0.2) is 9.37 Å². The fourth-order valence-corrected chi connectivity index (χ4v) is 3.57. The molecule has 2 heterocycles. The molecule has 0 unspecified atom stereocenters. The first kappa shape index (κ1) is 19.0. The summed E-state index contributed by atoms with van der Waals surface area (Å²) in [4.78, 5) is 18.6. The summed E-state index contributed by atoms with van der Waals surface area (Å²) in [5.74, 6) is 0.178. The molecule has 2 aromatic carbocycles. The first-order valence-electron chi connectivity index (χ1n) is 9.41. The van der Waals surface area contributed by atoms with Gasteiger partial charge in [-0.3, -0.25) is 4.79 Å². The molecule has 0 saturated carbocycles. The van der Waals surface area contributed by atoms with Crippen LogP contribution in [0.4, 0.5) is 15.8 Å². The molecule has 4 rings (SSSR count). The van der Waals surface area contributed by atoms with Gasteiger partial charge in [0, 0.05) is 29.5 Å². The average molecular weight is 395 g/mol. The summed E-state index contributed by atoms with van der Waals surface area (Å²) in [6.07, 6.45) is 1.26. The third-order valence-corrected chi connectivity index (χ3v) is 5.08. The third-order valence-electron chi connectivity index (χ3n) is 5.08. The maximum absolute atomic E-state index is 13.5. The van der Waals surface area contributed by atoms with Gasteiger partial charge < -0.3 is 19.4 Å². The second-order valence-electron chi connectivity index (χ2n) is 7.20. The number of anilines is 2. The van der Waals surface area contributed by atoms with Gasteiger partial charge in [0.05, 0.1) is 12.2 Å². The Morgan fingerprint density at radius 1 is 1.17 bits per heavy atom. The minimum Gasteiger partial charge on any atom is -0.491 e. The van der Waals surface area contributed by atoms with E-state index in [4.69, 9.17) is 9.15 Å². The van der Waals surface area contributed by atoms with Gasteiger partial charge in [0.1, 0.15) is 18.2 Å². The van der Waals surface area contributed by atoms with Crippen LogP contribution in [0.2, 0.25) is 0 Å². The molecule has 0 atom stereocenters. The molecule has 1 N–H and O–H groups in total. The molecule has 0 spiro atoms. The van der Waals surface area contributed by atoms with E-state index in [-0.39, 0.29) is 17.5 Å². The Hall–Kier alpha value is -3.35. The normalized spacial score (nSPS) is 13.4. The number of fused-ring (bicyclic) bond motifs is 1. The molecule has 3 aromatic rings. The van der Waals surface area contributed by atoms with Crippen LogP contribution < -0.4 is 15.0 Å². The number of halogens is 1. The molecule has 1 aliphatic heterocycles. The standard InChI is InChI=1S/C22H22FN3O3/c1-13-8-18(26-6-7-28-19-10-17(23)5-4-16(19)11-26)9-14(2)20(13)25-22(27)21-15(3)24-12-29-21/h4-5,8-10,12H,6-7,11H2,1-3H3,(H,25,27). The summed E-state index contributed by atoms with van der Waals surface area (Å²) in [7, 11) is 0. The number of aryl methyl sites for hydroxylation is 3. The van der Waals surface area contributed by atoms with Crippen molar-refractivity contribution in [1.82, 2.24) is 4.98 Å². The van der Waals surface area contributed by atoms with E-state index in [2.05, 4.69) is 15.2 Å². The van der Waals surface area contributed by atoms with Crippen molar-refractivity contribution < 1.29 is 18.3 Å². The van der Waals surface area contributed by atoms with Crippen molar-refractivity contribution in [2.24, 2.45) is 0 Å². The van der Waals surface area contributed by atoms with Gasteiger partial charge in [-0.2, -0.15) is 0 Å². The van der Waals surface area contributed by atoms with Crippen molar-refractivity contribution in [3.05, 3.63) is 70.7 Å². The van der Waals surface area contributed by atoms with Crippen LogP contribution in [0.3, 0.4) is 0 Å². The highest BCUT2D eigenvalue weighted by Gasteiger charge is 2.20. The molecule has 6 nitrogen and oxygen atoms in total. The Morgan fingerprint density at radius 2 is 1.93 bits per heavy atom. The third kappa shape index (κ3) is 3.81. The largest absolute Gasteiger partial charge is 0.491 e. The molecular weight excluding hydrogens is 373 g/mol. The highest BCUT2D eigenvalue weighted by Crippen LogP contribution is 2.31. The van der Waals surface area contributed by atoms with E-state index in [0.29, 0.717) is 31.1 Å². The van der Waals surface area contributed by atoms with E-state index in [9.17, 15) is 9.18 Å². The van der Waals surface area contributed by atoms with Gasteiger partial charge in [0.15, 0.2) is 6.39 Å². The minimum absolute atomic E-state index is 0.210. The maximum Gasteiger partial charge on any atom is 0.293 e. The summed E-state index contributed by atoms with van der Waals surface area (Å²) < 4.78 is 24.4. The maximum atomic E-state index is 13.5. The van der Waals surface area contributed by atoms with Crippen LogP contribution >= 0.6 is 0 Å². The first-order chi connectivity index (χ1) is 13.9. The number of amides is 1. The molecule has 0 bridgehead atoms. The van der Waals surface area contributed by atoms with Crippen LogP contribution in [0, 0.1) is 26.6 Å². The number of nitrogens with zero attached hydrogens (tertiary/aromatic N) is 2. The van der Waals surface area contributed by atoms with Crippen molar-refractivity contribution >= 4 is 17.3 Å². The lowest BCUT2D eigenvalue weighted by Gasteiger charge is -2.24. The van der Waals surface area contributed by atoms with Gasteiger partial charge in [0.2, 0.25) is 5.76 Å². The number of nitrogens with one attached hydrogen (secondary N) is 1. The molecule has 29 heavy (non-hydrogen) atoms. The summed E-state index contributed by atoms with van der Waals surface area (Å²) in [5, 5.41) is 2.93. The Balaban J connectivity index is 1.59. The zero-order valence-corrected chi connectivity index (χ0v) is 16.6. The van der Waals surface area contributed by atoms with Gasteiger partial charge in [-0.1, -0.05) is 6.07 Å². The van der Waals surface area contributed by atoms with Crippen molar-refractivity contribution in [2.75, 3.05) is 23.4 Å². The van der Waals surface area contributed by atoms with Gasteiger partial charge in [-0.15, -0.1) is 0 Å². The number of hydrogen-bond acceptors (Lipinski definition) is 5. The molecular formula is C22H22FN3O3. The molecule has 7 heteroatoms. The number of oxazole rings is 1. The first-order valence-corrected chi connectivity index (χ1v) is 9.41. The lowest BCUT2D eigenvalue weighted by molar-refractivity contribution is 0.0995. The van der Waals surface area contributed by atoms with E-state index in [1.165, 1.54) is 18.5 Å². The smallest absolute Gasteiger partial charge is 0.293 e. The van der Waals surface area contributed by atoms with Crippen LogP contribution in [0.15, 0.2) is 41.1 Å². The number of carbonyl (C=O) groups excluding carboxylic acids is 1. The monoisotopic (exact) mass is 395 g/mol. The number of rotatable bonds is 3. The molecule has 0 saturated heterocycles. The zero-order chi connectivity index (χ0) is 20.5. The van der Waals surface area contributed by atoms with Crippen LogP contribution in [0.1, 0.15) is 32.9 Å². The fourth-order valence-electron chi connectivity index (χ4n) is 3.57. The Morgan fingerprint density at radius 3 is 2.62 bits per heavy atom. The SMILES string of the molecule is Cc1cc(N2CCOc3cc(F)ccc3C2)cc(C)c1NC(=O)c1ocnc1C. The van der Waals surface area contributed by atoms with Crippen molar-refractivity contribution in [2.45, 2.75) is 27.3 Å². The van der Waals surface area contributed by atoms with Crippen LogP contribution in [-0.2, 0) is 6.54 Å². The number of hydrogen-bond donors (Lipinski definition) is 1. The number of carbonyl (C=O) groups is 1. The molecule has 1 amide bonds. The Kier molecular flexibility index (Phi) is 4.96. The predicted molar refractivity (Wildman–Crippen MR) is 108 cm³/mol. The Bertz CT molecular complexity index is 1050. The Labute approximate surface area is 168 Å². The zero-order valence-electron chi connectivity index (χ0n) is 16.6. The highest BCUT2D eigenvalue weighted by atomic mass is 19.1. The van der Waals surface area contributed by atoms with E-state index < -0.39 is 0 Å². The number of ether oxygens (including phenoxy) is 1. The fraction of sp³-hybridized carbons (Fsp3) is 0.273. The summed E-state index contributed by atoms with van der Waals surface area (Å²) in [6.45, 7) is 7.41. The van der Waals surface area contributed by atoms with Crippen LogP contribution in [0.5, 0.6) is 5.75 Å². The number of aromatic nitrogens is 1. The predicted octanol–water partition coefficient (Wildman–Crippen LogP) is 4.39. The van der Waals surface area contributed by atoms with Gasteiger partial charge in [0.25, 0.3) is 5.91 Å². The van der Waals surface area contributed by atoms with Crippen molar-refractivity contribution in [3.8, 4) is 5.75 Å².